The van der Waals surface area contributed by atoms with Gasteiger partial charge in [0, 0.05) is 61.3 Å². The molecule has 8 heteroatoms. The molecule has 0 aliphatic carbocycles. The molecule has 0 saturated carbocycles. The maximum absolute atomic E-state index is 13.6. The van der Waals surface area contributed by atoms with Crippen molar-refractivity contribution in [1.82, 2.24) is 24.7 Å². The number of hydrogen-bond acceptors (Lipinski definition) is 6. The third kappa shape index (κ3) is 4.98. The number of aliphatic hydroxyl groups is 1. The van der Waals surface area contributed by atoms with Gasteiger partial charge in [-0.15, -0.1) is 0 Å². The Morgan fingerprint density at radius 3 is 2.71 bits per heavy atom. The van der Waals surface area contributed by atoms with Crippen LogP contribution in [0.1, 0.15) is 36.4 Å². The lowest BCUT2D eigenvalue weighted by molar-refractivity contribution is -0.141. The Morgan fingerprint density at radius 2 is 1.92 bits per heavy atom. The van der Waals surface area contributed by atoms with E-state index in [1.165, 1.54) is 5.56 Å². The SMILES string of the molecule is Cc1cccc(-n2ccc3c2=NCN(CC2(O)CCN(C(=O)[C@@H]4CCNC[C@H]4c4ccccc4)CC2)C=3)n1. The minimum atomic E-state index is -0.839. The van der Waals surface area contributed by atoms with Crippen LogP contribution in [0.3, 0.4) is 0 Å². The molecular formula is C30H36N6O2. The highest BCUT2D eigenvalue weighted by molar-refractivity contribution is 5.80. The second-order valence-corrected chi connectivity index (χ2v) is 10.9. The van der Waals surface area contributed by atoms with E-state index >= 15 is 0 Å². The fraction of sp³-hybridized carbons (Fsp3) is 0.433. The Morgan fingerprint density at radius 1 is 1.11 bits per heavy atom. The lowest BCUT2D eigenvalue weighted by Crippen LogP contribution is -2.54. The zero-order chi connectivity index (χ0) is 26.1. The number of β-amino-alcohol motifs (C(OH)–C–C–N with tert-alkyl or cyclic N) is 1. The molecule has 38 heavy (non-hydrogen) atoms. The number of fused-ring (bicyclic) bond motifs is 1. The molecule has 0 spiro atoms. The van der Waals surface area contributed by atoms with Crippen molar-refractivity contribution in [3.8, 4) is 5.82 Å². The van der Waals surface area contributed by atoms with Crippen LogP contribution in [0.25, 0.3) is 12.0 Å². The fourth-order valence-electron chi connectivity index (χ4n) is 6.16. The summed E-state index contributed by atoms with van der Waals surface area (Å²) in [7, 11) is 0. The maximum Gasteiger partial charge on any atom is 0.226 e. The zero-order valence-corrected chi connectivity index (χ0v) is 22.0. The van der Waals surface area contributed by atoms with E-state index in [1.54, 1.807) is 0 Å². The van der Waals surface area contributed by atoms with Crippen LogP contribution < -0.4 is 16.0 Å². The molecule has 3 aromatic rings. The molecule has 0 radical (unpaired) electrons. The van der Waals surface area contributed by atoms with Crippen molar-refractivity contribution in [2.75, 3.05) is 39.4 Å². The molecule has 1 amide bonds. The number of rotatable bonds is 5. The molecule has 6 rings (SSSR count). The molecule has 8 nitrogen and oxygen atoms in total. The summed E-state index contributed by atoms with van der Waals surface area (Å²) in [4.78, 5) is 27.1. The first-order chi connectivity index (χ1) is 18.5. The number of pyridine rings is 1. The minimum Gasteiger partial charge on any atom is -0.388 e. The van der Waals surface area contributed by atoms with Crippen molar-refractivity contribution < 1.29 is 9.90 Å². The molecule has 5 heterocycles. The standard InChI is InChI=1S/C30H36N6O2/c1-22-6-5-9-27(33-22)36-15-11-24-19-34(21-32-28(24)36)20-30(38)12-16-35(17-13-30)29(37)25-10-14-31-18-26(25)23-7-3-2-4-8-23/h2-9,11,15,19,25-26,31,38H,10,12-14,16-18,20-21H2,1H3/t25-,26+/m1/s1. The number of nitrogens with one attached hydrogen (secondary N) is 1. The largest absolute Gasteiger partial charge is 0.388 e. The summed E-state index contributed by atoms with van der Waals surface area (Å²) in [5.41, 5.74) is 2.24. The summed E-state index contributed by atoms with van der Waals surface area (Å²) < 4.78 is 2.01. The Labute approximate surface area is 223 Å². The lowest BCUT2D eigenvalue weighted by atomic mass is 9.80. The summed E-state index contributed by atoms with van der Waals surface area (Å²) in [6.07, 6.45) is 6.08. The first-order valence-corrected chi connectivity index (χ1v) is 13.7. The van der Waals surface area contributed by atoms with Gasteiger partial charge in [-0.2, -0.15) is 0 Å². The molecule has 2 saturated heterocycles. The van der Waals surface area contributed by atoms with Crippen LogP contribution in [0.5, 0.6) is 0 Å². The topological polar surface area (TPSA) is 86.0 Å². The predicted molar refractivity (Wildman–Crippen MR) is 146 cm³/mol. The molecule has 3 aliphatic rings. The fourth-order valence-corrected chi connectivity index (χ4v) is 6.16. The molecule has 3 aliphatic heterocycles. The van der Waals surface area contributed by atoms with Crippen LogP contribution in [-0.4, -0.2) is 75.4 Å². The van der Waals surface area contributed by atoms with E-state index in [-0.39, 0.29) is 17.7 Å². The number of benzene rings is 1. The van der Waals surface area contributed by atoms with Crippen molar-refractivity contribution in [2.24, 2.45) is 10.9 Å². The van der Waals surface area contributed by atoms with E-state index in [2.05, 4.69) is 33.5 Å². The van der Waals surface area contributed by atoms with Crippen molar-refractivity contribution in [3.63, 3.8) is 0 Å². The van der Waals surface area contributed by atoms with Gasteiger partial charge < -0.3 is 20.2 Å². The van der Waals surface area contributed by atoms with Crippen LogP contribution in [0.4, 0.5) is 0 Å². The first-order valence-electron chi connectivity index (χ1n) is 13.7. The van der Waals surface area contributed by atoms with Crippen molar-refractivity contribution in [3.05, 3.63) is 82.8 Å². The van der Waals surface area contributed by atoms with Gasteiger partial charge in [-0.1, -0.05) is 36.4 Å². The highest BCUT2D eigenvalue weighted by Crippen LogP contribution is 2.33. The quantitative estimate of drug-likeness (QED) is 0.542. The second kappa shape index (κ2) is 10.3. The van der Waals surface area contributed by atoms with Crippen LogP contribution in [-0.2, 0) is 4.79 Å². The van der Waals surface area contributed by atoms with Gasteiger partial charge in [-0.05, 0) is 56.5 Å². The Hall–Kier alpha value is -3.49. The molecule has 1 aromatic carbocycles. The second-order valence-electron chi connectivity index (χ2n) is 10.9. The van der Waals surface area contributed by atoms with Gasteiger partial charge in [0.15, 0.2) is 0 Å². The number of likely N-dealkylation sites (tertiary alicyclic amines) is 1. The van der Waals surface area contributed by atoms with E-state index in [9.17, 15) is 9.90 Å². The van der Waals surface area contributed by atoms with Gasteiger partial charge in [0.1, 0.15) is 18.0 Å². The van der Waals surface area contributed by atoms with E-state index < -0.39 is 5.60 Å². The first kappa shape index (κ1) is 24.8. The third-order valence-electron chi connectivity index (χ3n) is 8.26. The van der Waals surface area contributed by atoms with Crippen LogP contribution in [0.2, 0.25) is 0 Å². The van der Waals surface area contributed by atoms with E-state index in [1.807, 2.05) is 65.1 Å². The molecule has 2 atom stereocenters. The van der Waals surface area contributed by atoms with Gasteiger partial charge >= 0.3 is 0 Å². The molecule has 2 aromatic heterocycles. The number of nitrogens with zero attached hydrogens (tertiary/aromatic N) is 5. The van der Waals surface area contributed by atoms with Crippen LogP contribution >= 0.6 is 0 Å². The summed E-state index contributed by atoms with van der Waals surface area (Å²) in [5, 5.41) is 15.9. The van der Waals surface area contributed by atoms with Gasteiger partial charge in [-0.25, -0.2) is 9.98 Å². The average Bonchev–Trinajstić information content (AvgIpc) is 3.37. The van der Waals surface area contributed by atoms with Gasteiger partial charge in [0.2, 0.25) is 5.91 Å². The van der Waals surface area contributed by atoms with Gasteiger partial charge in [0.05, 0.1) is 5.60 Å². The number of carbonyl (C=O) groups excluding carboxylic acids is 1. The Bertz CT molecular complexity index is 1410. The molecule has 198 valence electrons. The molecule has 2 fully saturated rings. The minimum absolute atomic E-state index is 0.00980. The van der Waals surface area contributed by atoms with E-state index in [0.717, 1.165) is 41.7 Å². The third-order valence-corrected chi connectivity index (χ3v) is 8.26. The van der Waals surface area contributed by atoms with E-state index in [4.69, 9.17) is 4.99 Å². The summed E-state index contributed by atoms with van der Waals surface area (Å²) in [6.45, 7) is 5.86. The molecular weight excluding hydrogens is 476 g/mol. The highest BCUT2D eigenvalue weighted by atomic mass is 16.3. The average molecular weight is 513 g/mol. The normalized spacial score (nSPS) is 22.8. The lowest BCUT2D eigenvalue weighted by Gasteiger charge is -2.43. The summed E-state index contributed by atoms with van der Waals surface area (Å²) >= 11 is 0. The number of amides is 1. The van der Waals surface area contributed by atoms with Crippen molar-refractivity contribution >= 4 is 12.1 Å². The summed E-state index contributed by atoms with van der Waals surface area (Å²) in [5.74, 6) is 1.28. The van der Waals surface area contributed by atoms with Crippen molar-refractivity contribution in [2.45, 2.75) is 37.7 Å². The monoisotopic (exact) mass is 512 g/mol. The molecule has 0 bridgehead atoms. The van der Waals surface area contributed by atoms with Crippen molar-refractivity contribution in [1.29, 1.82) is 0 Å². The highest BCUT2D eigenvalue weighted by Gasteiger charge is 2.39. The Balaban J connectivity index is 1.10. The van der Waals surface area contributed by atoms with E-state index in [0.29, 0.717) is 39.1 Å². The molecule has 2 N–H and O–H groups in total. The van der Waals surface area contributed by atoms with Crippen LogP contribution in [0.15, 0.2) is 65.8 Å². The zero-order valence-electron chi connectivity index (χ0n) is 22.0. The number of aromatic nitrogens is 2. The number of hydrogen-bond donors (Lipinski definition) is 2. The smallest absolute Gasteiger partial charge is 0.226 e. The number of carbonyl (C=O) groups is 1. The number of piperidine rings is 2. The number of aryl methyl sites for hydroxylation is 1. The van der Waals surface area contributed by atoms with Crippen LogP contribution in [0, 0.1) is 12.8 Å². The van der Waals surface area contributed by atoms with Gasteiger partial charge in [0.25, 0.3) is 0 Å². The maximum atomic E-state index is 13.6. The Kier molecular flexibility index (Phi) is 6.76. The summed E-state index contributed by atoms with van der Waals surface area (Å²) in [6, 6.07) is 18.4. The van der Waals surface area contributed by atoms with Gasteiger partial charge in [-0.3, -0.25) is 9.36 Å². The predicted octanol–water partition coefficient (Wildman–Crippen LogP) is 1.56. The molecule has 0 unspecified atom stereocenters.